The summed E-state index contributed by atoms with van der Waals surface area (Å²) in [7, 11) is 1.61. The minimum absolute atomic E-state index is 0.202. The molecule has 0 heterocycles. The Bertz CT molecular complexity index is 653. The van der Waals surface area contributed by atoms with E-state index in [9.17, 15) is 0 Å². The predicted octanol–water partition coefficient (Wildman–Crippen LogP) is 5.53. The lowest BCUT2D eigenvalue weighted by molar-refractivity contribution is 0.332. The highest BCUT2D eigenvalue weighted by Gasteiger charge is 2.17. The molecule has 2 aromatic rings. The number of anilines is 1. The van der Waals surface area contributed by atoms with E-state index in [0.717, 1.165) is 17.9 Å². The molecule has 24 heavy (non-hydrogen) atoms. The monoisotopic (exact) mass is 347 g/mol. The van der Waals surface area contributed by atoms with E-state index in [1.54, 1.807) is 7.11 Å². The molecule has 0 fully saturated rings. The third kappa shape index (κ3) is 4.81. The van der Waals surface area contributed by atoms with Gasteiger partial charge in [0.1, 0.15) is 18.1 Å². The van der Waals surface area contributed by atoms with Crippen LogP contribution in [-0.2, 0) is 5.41 Å². The van der Waals surface area contributed by atoms with Gasteiger partial charge in [0.25, 0.3) is 0 Å². The van der Waals surface area contributed by atoms with Crippen molar-refractivity contribution in [1.29, 1.82) is 0 Å². The average molecular weight is 348 g/mol. The molecular formula is C20H26ClNO2. The Morgan fingerprint density at radius 3 is 2.38 bits per heavy atom. The zero-order valence-corrected chi connectivity index (χ0v) is 15.6. The number of nitrogens with one attached hydrogen (secondary N) is 1. The number of rotatable bonds is 8. The first-order valence-corrected chi connectivity index (χ1v) is 8.65. The van der Waals surface area contributed by atoms with Gasteiger partial charge in [-0.3, -0.25) is 0 Å². The zero-order valence-electron chi connectivity index (χ0n) is 14.9. The van der Waals surface area contributed by atoms with Crippen LogP contribution in [0.2, 0.25) is 5.02 Å². The first-order chi connectivity index (χ1) is 11.5. The maximum Gasteiger partial charge on any atom is 0.137 e. The summed E-state index contributed by atoms with van der Waals surface area (Å²) in [6.07, 6.45) is 1.11. The maximum absolute atomic E-state index is 6.11. The fourth-order valence-corrected chi connectivity index (χ4v) is 2.60. The van der Waals surface area contributed by atoms with Crippen molar-refractivity contribution in [2.75, 3.05) is 25.6 Å². The Hall–Kier alpha value is -1.87. The van der Waals surface area contributed by atoms with Crippen LogP contribution >= 0.6 is 11.6 Å². The molecule has 0 aliphatic rings. The molecule has 1 N–H and O–H groups in total. The molecule has 0 aliphatic heterocycles. The van der Waals surface area contributed by atoms with Gasteiger partial charge < -0.3 is 14.8 Å². The third-order valence-corrected chi connectivity index (χ3v) is 4.67. The van der Waals surface area contributed by atoms with Crippen LogP contribution < -0.4 is 14.8 Å². The van der Waals surface area contributed by atoms with Crippen LogP contribution in [0.3, 0.4) is 0 Å². The SMILES string of the molecule is CCC(C)(C)c1ccc(OCCNc2ccc(OC)c(Cl)c2)cc1. The van der Waals surface area contributed by atoms with Gasteiger partial charge in [-0.25, -0.2) is 0 Å². The molecule has 0 aliphatic carbocycles. The number of ether oxygens (including phenoxy) is 2. The van der Waals surface area contributed by atoms with Crippen molar-refractivity contribution in [1.82, 2.24) is 0 Å². The lowest BCUT2D eigenvalue weighted by atomic mass is 9.82. The van der Waals surface area contributed by atoms with Gasteiger partial charge in [-0.2, -0.15) is 0 Å². The van der Waals surface area contributed by atoms with Crippen LogP contribution in [0.25, 0.3) is 0 Å². The van der Waals surface area contributed by atoms with E-state index in [1.165, 1.54) is 5.56 Å². The highest BCUT2D eigenvalue weighted by atomic mass is 35.5. The van der Waals surface area contributed by atoms with Crippen molar-refractivity contribution in [3.8, 4) is 11.5 Å². The minimum Gasteiger partial charge on any atom is -0.495 e. The zero-order chi connectivity index (χ0) is 17.6. The molecule has 4 heteroatoms. The molecule has 0 radical (unpaired) electrons. The second-order valence-electron chi connectivity index (χ2n) is 6.39. The van der Waals surface area contributed by atoms with Crippen molar-refractivity contribution < 1.29 is 9.47 Å². The van der Waals surface area contributed by atoms with Crippen molar-refractivity contribution in [3.63, 3.8) is 0 Å². The average Bonchev–Trinajstić information content (AvgIpc) is 2.59. The van der Waals surface area contributed by atoms with Crippen LogP contribution in [0.4, 0.5) is 5.69 Å². The van der Waals surface area contributed by atoms with E-state index in [0.29, 0.717) is 23.9 Å². The number of hydrogen-bond donors (Lipinski definition) is 1. The molecule has 0 spiro atoms. The first kappa shape index (κ1) is 18.5. The molecule has 0 bridgehead atoms. The summed E-state index contributed by atoms with van der Waals surface area (Å²) in [5.74, 6) is 1.56. The van der Waals surface area contributed by atoms with E-state index in [2.05, 4.69) is 38.2 Å². The Morgan fingerprint density at radius 2 is 1.79 bits per heavy atom. The van der Waals surface area contributed by atoms with Gasteiger partial charge in [-0.15, -0.1) is 0 Å². The Morgan fingerprint density at radius 1 is 1.08 bits per heavy atom. The summed E-state index contributed by atoms with van der Waals surface area (Å²) in [5, 5.41) is 3.88. The molecular weight excluding hydrogens is 322 g/mol. The second-order valence-corrected chi connectivity index (χ2v) is 6.79. The van der Waals surface area contributed by atoms with E-state index in [-0.39, 0.29) is 5.41 Å². The number of methoxy groups -OCH3 is 1. The predicted molar refractivity (Wildman–Crippen MR) is 102 cm³/mol. The number of halogens is 1. The topological polar surface area (TPSA) is 30.5 Å². The Balaban J connectivity index is 1.81. The van der Waals surface area contributed by atoms with Crippen LogP contribution in [0.15, 0.2) is 42.5 Å². The maximum atomic E-state index is 6.11. The summed E-state index contributed by atoms with van der Waals surface area (Å²) in [4.78, 5) is 0. The fraction of sp³-hybridized carbons (Fsp3) is 0.400. The molecule has 2 rings (SSSR count). The standard InChI is InChI=1S/C20H26ClNO2/c1-5-20(2,3)15-6-9-17(10-7-15)24-13-12-22-16-8-11-19(23-4)18(21)14-16/h6-11,14,22H,5,12-13H2,1-4H3. The smallest absolute Gasteiger partial charge is 0.137 e. The highest BCUT2D eigenvalue weighted by molar-refractivity contribution is 6.32. The largest absolute Gasteiger partial charge is 0.495 e. The van der Waals surface area contributed by atoms with Crippen LogP contribution in [0.1, 0.15) is 32.8 Å². The molecule has 3 nitrogen and oxygen atoms in total. The van der Waals surface area contributed by atoms with Crippen LogP contribution in [0.5, 0.6) is 11.5 Å². The van der Waals surface area contributed by atoms with Gasteiger partial charge in [0.15, 0.2) is 0 Å². The fourth-order valence-electron chi connectivity index (χ4n) is 2.35. The lowest BCUT2D eigenvalue weighted by Gasteiger charge is -2.23. The van der Waals surface area contributed by atoms with E-state index >= 15 is 0 Å². The van der Waals surface area contributed by atoms with Gasteiger partial charge in [-0.05, 0) is 47.7 Å². The van der Waals surface area contributed by atoms with Gasteiger partial charge in [0.2, 0.25) is 0 Å². The first-order valence-electron chi connectivity index (χ1n) is 8.27. The Kier molecular flexibility index (Phi) is 6.38. The summed E-state index contributed by atoms with van der Waals surface area (Å²) < 4.78 is 10.9. The molecule has 0 atom stereocenters. The summed E-state index contributed by atoms with van der Waals surface area (Å²) in [6, 6.07) is 14.0. The highest BCUT2D eigenvalue weighted by Crippen LogP contribution is 2.28. The normalized spacial score (nSPS) is 11.2. The molecule has 0 amide bonds. The van der Waals surface area contributed by atoms with Crippen molar-refractivity contribution in [2.24, 2.45) is 0 Å². The van der Waals surface area contributed by atoms with E-state index in [4.69, 9.17) is 21.1 Å². The van der Waals surface area contributed by atoms with Crippen LogP contribution in [0, 0.1) is 0 Å². The molecule has 0 unspecified atom stereocenters. The molecule has 130 valence electrons. The van der Waals surface area contributed by atoms with Gasteiger partial charge in [-0.1, -0.05) is 44.5 Å². The molecule has 0 saturated heterocycles. The van der Waals surface area contributed by atoms with E-state index in [1.807, 2.05) is 30.3 Å². The Labute approximate surface area is 149 Å². The van der Waals surface area contributed by atoms with Crippen molar-refractivity contribution >= 4 is 17.3 Å². The molecule has 0 aromatic heterocycles. The lowest BCUT2D eigenvalue weighted by Crippen LogP contribution is -2.15. The van der Waals surface area contributed by atoms with Crippen molar-refractivity contribution in [2.45, 2.75) is 32.6 Å². The van der Waals surface area contributed by atoms with E-state index < -0.39 is 0 Å². The van der Waals surface area contributed by atoms with Gasteiger partial charge in [0.05, 0.1) is 12.1 Å². The van der Waals surface area contributed by atoms with Gasteiger partial charge in [0, 0.05) is 12.2 Å². The summed E-state index contributed by atoms with van der Waals surface area (Å²) in [5.41, 5.74) is 2.49. The number of benzene rings is 2. The quantitative estimate of drug-likeness (QED) is 0.637. The second kappa shape index (κ2) is 8.29. The molecule has 0 saturated carbocycles. The van der Waals surface area contributed by atoms with Crippen molar-refractivity contribution in [3.05, 3.63) is 53.1 Å². The number of hydrogen-bond acceptors (Lipinski definition) is 3. The summed E-state index contributed by atoms with van der Waals surface area (Å²) in [6.45, 7) is 8.01. The minimum atomic E-state index is 0.202. The third-order valence-electron chi connectivity index (χ3n) is 4.37. The summed E-state index contributed by atoms with van der Waals surface area (Å²) >= 11 is 6.11. The van der Waals surface area contributed by atoms with Gasteiger partial charge >= 0.3 is 0 Å². The molecule has 2 aromatic carbocycles. The van der Waals surface area contributed by atoms with Crippen LogP contribution in [-0.4, -0.2) is 20.3 Å².